The summed E-state index contributed by atoms with van der Waals surface area (Å²) in [4.78, 5) is 24.6. The van der Waals surface area contributed by atoms with Crippen LogP contribution in [0, 0.1) is 7.05 Å². The standard InChI is InChI=1S/C7H11N2O2/c1-7(2)5(10)8(3)6(11)9(7)4/h3H2,1-2,4H3. The molecule has 1 fully saturated rings. The van der Waals surface area contributed by atoms with Crippen molar-refractivity contribution < 1.29 is 9.59 Å². The second-order valence-corrected chi connectivity index (χ2v) is 3.13. The van der Waals surface area contributed by atoms with E-state index in [0.717, 1.165) is 4.90 Å². The minimum atomic E-state index is -0.737. The molecule has 4 nitrogen and oxygen atoms in total. The molecule has 0 atom stereocenters. The number of urea groups is 1. The van der Waals surface area contributed by atoms with E-state index in [0.29, 0.717) is 0 Å². The molecule has 11 heavy (non-hydrogen) atoms. The topological polar surface area (TPSA) is 40.6 Å². The van der Waals surface area contributed by atoms with Gasteiger partial charge in [0.15, 0.2) is 0 Å². The maximum Gasteiger partial charge on any atom is 0.327 e. The fourth-order valence-electron chi connectivity index (χ4n) is 0.981. The number of hydrogen-bond donors (Lipinski definition) is 0. The Bertz CT molecular complexity index is 222. The molecular weight excluding hydrogens is 144 g/mol. The normalized spacial score (nSPS) is 23.3. The van der Waals surface area contributed by atoms with E-state index in [1.807, 2.05) is 0 Å². The number of carbonyl (C=O) groups excluding carboxylic acids is 2. The minimum Gasteiger partial charge on any atom is -0.313 e. The van der Waals surface area contributed by atoms with Gasteiger partial charge in [0.05, 0.1) is 0 Å². The largest absolute Gasteiger partial charge is 0.327 e. The van der Waals surface area contributed by atoms with Crippen molar-refractivity contribution in [1.29, 1.82) is 0 Å². The van der Waals surface area contributed by atoms with Crippen LogP contribution in [-0.4, -0.2) is 34.3 Å². The maximum absolute atomic E-state index is 11.2. The molecule has 0 aromatic carbocycles. The summed E-state index contributed by atoms with van der Waals surface area (Å²) in [6.45, 7) is 3.39. The lowest BCUT2D eigenvalue weighted by atomic mass is 10.1. The second-order valence-electron chi connectivity index (χ2n) is 3.13. The van der Waals surface area contributed by atoms with Gasteiger partial charge in [0.25, 0.3) is 5.91 Å². The molecule has 0 aromatic heterocycles. The van der Waals surface area contributed by atoms with Gasteiger partial charge in [-0.05, 0) is 13.8 Å². The van der Waals surface area contributed by atoms with Crippen LogP contribution in [-0.2, 0) is 4.79 Å². The van der Waals surface area contributed by atoms with Crippen LogP contribution in [0.1, 0.15) is 13.8 Å². The van der Waals surface area contributed by atoms with E-state index >= 15 is 0 Å². The Labute approximate surface area is 65.8 Å². The van der Waals surface area contributed by atoms with Gasteiger partial charge in [-0.2, -0.15) is 0 Å². The number of carbonyl (C=O) groups is 2. The third-order valence-corrected chi connectivity index (χ3v) is 2.12. The molecule has 0 aromatic rings. The zero-order valence-electron chi connectivity index (χ0n) is 6.92. The fraction of sp³-hybridized carbons (Fsp3) is 0.571. The van der Waals surface area contributed by atoms with Gasteiger partial charge >= 0.3 is 6.03 Å². The molecule has 1 aliphatic heterocycles. The van der Waals surface area contributed by atoms with Crippen molar-refractivity contribution in [3.05, 3.63) is 7.05 Å². The molecule has 3 amide bonds. The summed E-state index contributed by atoms with van der Waals surface area (Å²) >= 11 is 0. The third kappa shape index (κ3) is 0.818. The van der Waals surface area contributed by atoms with Gasteiger partial charge in [0, 0.05) is 14.1 Å². The van der Waals surface area contributed by atoms with Gasteiger partial charge in [-0.25, -0.2) is 4.79 Å². The van der Waals surface area contributed by atoms with E-state index in [-0.39, 0.29) is 11.9 Å². The fourth-order valence-corrected chi connectivity index (χ4v) is 0.981. The molecule has 1 saturated heterocycles. The summed E-state index contributed by atoms with van der Waals surface area (Å²) in [7, 11) is 4.93. The van der Waals surface area contributed by atoms with Crippen LogP contribution in [0.5, 0.6) is 0 Å². The van der Waals surface area contributed by atoms with Crippen molar-refractivity contribution in [1.82, 2.24) is 9.80 Å². The van der Waals surface area contributed by atoms with E-state index in [9.17, 15) is 9.59 Å². The number of hydrogen-bond acceptors (Lipinski definition) is 2. The van der Waals surface area contributed by atoms with Gasteiger partial charge in [-0.15, -0.1) is 0 Å². The quantitative estimate of drug-likeness (QED) is 0.476. The average Bonchev–Trinajstić information content (AvgIpc) is 2.06. The van der Waals surface area contributed by atoms with Crippen LogP contribution in [0.25, 0.3) is 0 Å². The zero-order valence-corrected chi connectivity index (χ0v) is 6.92. The van der Waals surface area contributed by atoms with E-state index in [1.165, 1.54) is 4.90 Å². The zero-order chi connectivity index (χ0) is 8.81. The molecule has 1 heterocycles. The number of likely N-dealkylation sites (N-methyl/N-ethyl adjacent to an activating group) is 1. The highest BCUT2D eigenvalue weighted by molar-refractivity contribution is 6.06. The van der Waals surface area contributed by atoms with Gasteiger partial charge in [-0.3, -0.25) is 9.69 Å². The van der Waals surface area contributed by atoms with Crippen molar-refractivity contribution in [2.75, 3.05) is 7.05 Å². The van der Waals surface area contributed by atoms with Crippen LogP contribution in [0.3, 0.4) is 0 Å². The van der Waals surface area contributed by atoms with Gasteiger partial charge < -0.3 is 4.90 Å². The molecule has 0 bridgehead atoms. The minimum absolute atomic E-state index is 0.259. The van der Waals surface area contributed by atoms with Gasteiger partial charge in [-0.1, -0.05) is 0 Å². The molecule has 0 spiro atoms. The van der Waals surface area contributed by atoms with Crippen molar-refractivity contribution in [3.8, 4) is 0 Å². The Hall–Kier alpha value is -1.06. The Balaban J connectivity index is 3.06. The number of nitrogens with zero attached hydrogens (tertiary/aromatic N) is 2. The lowest BCUT2D eigenvalue weighted by Crippen LogP contribution is -2.41. The summed E-state index contributed by atoms with van der Waals surface area (Å²) in [5.41, 5.74) is -0.737. The highest BCUT2D eigenvalue weighted by Crippen LogP contribution is 2.24. The molecule has 4 heteroatoms. The lowest BCUT2D eigenvalue weighted by molar-refractivity contribution is -0.130. The summed E-state index contributed by atoms with van der Waals surface area (Å²) < 4.78 is 0. The first-order chi connectivity index (χ1) is 4.89. The highest BCUT2D eigenvalue weighted by Gasteiger charge is 2.47. The van der Waals surface area contributed by atoms with Crippen molar-refractivity contribution in [3.63, 3.8) is 0 Å². The lowest BCUT2D eigenvalue weighted by Gasteiger charge is -2.22. The summed E-state index contributed by atoms with van der Waals surface area (Å²) in [6, 6.07) is -0.347. The molecule has 0 N–H and O–H groups in total. The van der Waals surface area contributed by atoms with Crippen LogP contribution in [0.15, 0.2) is 0 Å². The highest BCUT2D eigenvalue weighted by atomic mass is 16.2. The molecule has 0 unspecified atom stereocenters. The van der Waals surface area contributed by atoms with E-state index in [4.69, 9.17) is 0 Å². The first-order valence-electron chi connectivity index (χ1n) is 3.32. The smallest absolute Gasteiger partial charge is 0.313 e. The average molecular weight is 155 g/mol. The number of rotatable bonds is 0. The molecule has 0 aliphatic carbocycles. The predicted octanol–water partition coefficient (Wildman–Crippen LogP) is 0.451. The maximum atomic E-state index is 11.2. The monoisotopic (exact) mass is 155 g/mol. The molecule has 1 aliphatic rings. The Morgan fingerprint density at radius 1 is 1.36 bits per heavy atom. The van der Waals surface area contributed by atoms with Crippen LogP contribution in [0.2, 0.25) is 0 Å². The van der Waals surface area contributed by atoms with Crippen LogP contribution >= 0.6 is 0 Å². The molecule has 0 saturated carbocycles. The van der Waals surface area contributed by atoms with Crippen molar-refractivity contribution in [2.24, 2.45) is 0 Å². The molecule has 1 rings (SSSR count). The number of imide groups is 1. The first kappa shape index (κ1) is 8.04. The Morgan fingerprint density at radius 2 is 1.82 bits per heavy atom. The van der Waals surface area contributed by atoms with Crippen molar-refractivity contribution >= 4 is 11.9 Å². The summed E-state index contributed by atoms with van der Waals surface area (Å²) in [5.74, 6) is -0.259. The predicted molar refractivity (Wildman–Crippen MR) is 39.4 cm³/mol. The van der Waals surface area contributed by atoms with Gasteiger partial charge in [0.1, 0.15) is 5.54 Å². The van der Waals surface area contributed by atoms with Gasteiger partial charge in [0.2, 0.25) is 0 Å². The Kier molecular flexibility index (Phi) is 1.44. The summed E-state index contributed by atoms with van der Waals surface area (Å²) in [6.07, 6.45) is 0. The number of amides is 3. The Morgan fingerprint density at radius 3 is 1.91 bits per heavy atom. The SMILES string of the molecule is [CH2]N1C(=O)N(C)C(C)(C)C1=O. The van der Waals surface area contributed by atoms with Crippen molar-refractivity contribution in [2.45, 2.75) is 19.4 Å². The first-order valence-corrected chi connectivity index (χ1v) is 3.32. The van der Waals surface area contributed by atoms with E-state index < -0.39 is 5.54 Å². The second kappa shape index (κ2) is 1.96. The molecule has 1 radical (unpaired) electrons. The summed E-state index contributed by atoms with van der Waals surface area (Å²) in [5, 5.41) is 0. The third-order valence-electron chi connectivity index (χ3n) is 2.12. The van der Waals surface area contributed by atoms with E-state index in [1.54, 1.807) is 20.9 Å². The van der Waals surface area contributed by atoms with E-state index in [2.05, 4.69) is 7.05 Å². The molecular formula is C7H11N2O2. The van der Waals surface area contributed by atoms with Crippen LogP contribution in [0.4, 0.5) is 4.79 Å². The molecule has 61 valence electrons. The van der Waals surface area contributed by atoms with Crippen LogP contribution < -0.4 is 0 Å².